The van der Waals surface area contributed by atoms with Crippen molar-refractivity contribution < 1.29 is 23.7 Å². The zero-order valence-corrected chi connectivity index (χ0v) is 23.3. The van der Waals surface area contributed by atoms with E-state index in [1.165, 1.54) is 64.2 Å². The van der Waals surface area contributed by atoms with Gasteiger partial charge >= 0.3 is 6.16 Å². The Kier molecular flexibility index (Phi) is 26.2. The van der Waals surface area contributed by atoms with Crippen LogP contribution >= 0.6 is 0 Å². The van der Waals surface area contributed by atoms with Crippen molar-refractivity contribution in [2.45, 2.75) is 155 Å². The number of carbonyl (C=O) groups is 1. The van der Waals surface area contributed by atoms with E-state index in [0.717, 1.165) is 64.6 Å². The highest BCUT2D eigenvalue weighted by Gasteiger charge is 2.14. The van der Waals surface area contributed by atoms with E-state index in [2.05, 4.69) is 27.7 Å². The van der Waals surface area contributed by atoms with Gasteiger partial charge in [-0.2, -0.15) is 0 Å². The highest BCUT2D eigenvalue weighted by atomic mass is 16.7. The second-order valence-electron chi connectivity index (χ2n) is 9.62. The number of ether oxygens (including phenoxy) is 4. The van der Waals surface area contributed by atoms with Gasteiger partial charge in [0.05, 0.1) is 25.4 Å². The number of carbonyl (C=O) groups excluding carboxylic acids is 1. The van der Waals surface area contributed by atoms with E-state index in [4.69, 9.17) is 18.9 Å². The van der Waals surface area contributed by atoms with Crippen molar-refractivity contribution in [2.24, 2.45) is 0 Å². The molecule has 0 aromatic carbocycles. The molecule has 0 aliphatic rings. The van der Waals surface area contributed by atoms with Crippen LogP contribution in [0.3, 0.4) is 0 Å². The van der Waals surface area contributed by atoms with Crippen molar-refractivity contribution in [3.05, 3.63) is 0 Å². The van der Waals surface area contributed by atoms with Gasteiger partial charge < -0.3 is 18.9 Å². The van der Waals surface area contributed by atoms with E-state index in [-0.39, 0.29) is 12.2 Å². The van der Waals surface area contributed by atoms with Crippen LogP contribution in [0.1, 0.15) is 143 Å². The average Bonchev–Trinajstić information content (AvgIpc) is 2.83. The maximum atomic E-state index is 12.1. The number of hydrogen-bond donors (Lipinski definition) is 0. The molecule has 2 atom stereocenters. The molecule has 0 N–H and O–H groups in total. The van der Waals surface area contributed by atoms with Crippen LogP contribution in [0.5, 0.6) is 0 Å². The fourth-order valence-electron chi connectivity index (χ4n) is 3.95. The Balaban J connectivity index is 4.14. The third kappa shape index (κ3) is 23.0. The largest absolute Gasteiger partial charge is 0.508 e. The Morgan fingerprint density at radius 1 is 0.471 bits per heavy atom. The lowest BCUT2D eigenvalue weighted by Crippen LogP contribution is -2.20. The van der Waals surface area contributed by atoms with Gasteiger partial charge in [0.15, 0.2) is 0 Å². The summed E-state index contributed by atoms with van der Waals surface area (Å²) in [7, 11) is 0. The summed E-state index contributed by atoms with van der Waals surface area (Å²) in [4.78, 5) is 12.1. The van der Waals surface area contributed by atoms with Gasteiger partial charge in [-0.1, -0.05) is 105 Å². The van der Waals surface area contributed by atoms with Crippen LogP contribution in [0.25, 0.3) is 0 Å². The van der Waals surface area contributed by atoms with Gasteiger partial charge in [-0.3, -0.25) is 0 Å². The molecule has 2 unspecified atom stereocenters. The molecule has 5 heteroatoms. The summed E-state index contributed by atoms with van der Waals surface area (Å²) in [6, 6.07) is 0. The van der Waals surface area contributed by atoms with Crippen molar-refractivity contribution in [2.75, 3.05) is 26.4 Å². The minimum absolute atomic E-state index is 0.171. The molecule has 0 aliphatic carbocycles. The highest BCUT2D eigenvalue weighted by molar-refractivity contribution is 5.59. The Morgan fingerprint density at radius 3 is 1.24 bits per heavy atom. The summed E-state index contributed by atoms with van der Waals surface area (Å²) in [6.07, 6.45) is 20.4. The highest BCUT2D eigenvalue weighted by Crippen LogP contribution is 2.15. The zero-order chi connectivity index (χ0) is 25.1. The first-order chi connectivity index (χ1) is 16.7. The summed E-state index contributed by atoms with van der Waals surface area (Å²) in [5.74, 6) is 0. The van der Waals surface area contributed by atoms with Crippen LogP contribution in [0.2, 0.25) is 0 Å². The first kappa shape index (κ1) is 33.2. The summed E-state index contributed by atoms with van der Waals surface area (Å²) in [5.41, 5.74) is 0. The van der Waals surface area contributed by atoms with E-state index in [9.17, 15) is 4.79 Å². The predicted molar refractivity (Wildman–Crippen MR) is 143 cm³/mol. The van der Waals surface area contributed by atoms with E-state index >= 15 is 0 Å². The van der Waals surface area contributed by atoms with E-state index < -0.39 is 6.16 Å². The summed E-state index contributed by atoms with van der Waals surface area (Å²) in [5, 5.41) is 0. The Hall–Kier alpha value is -0.810. The third-order valence-electron chi connectivity index (χ3n) is 6.28. The van der Waals surface area contributed by atoms with Crippen LogP contribution in [-0.4, -0.2) is 44.8 Å². The van der Waals surface area contributed by atoms with E-state index in [1.807, 2.05) is 0 Å². The summed E-state index contributed by atoms with van der Waals surface area (Å²) in [6.45, 7) is 11.1. The van der Waals surface area contributed by atoms with Gasteiger partial charge in [0.25, 0.3) is 0 Å². The van der Waals surface area contributed by atoms with Crippen LogP contribution in [0.4, 0.5) is 4.79 Å². The maximum absolute atomic E-state index is 12.1. The van der Waals surface area contributed by atoms with Gasteiger partial charge in [-0.05, 0) is 25.7 Å². The first-order valence-corrected chi connectivity index (χ1v) is 14.7. The van der Waals surface area contributed by atoms with Gasteiger partial charge in [0.2, 0.25) is 0 Å². The molecule has 5 nitrogen and oxygen atoms in total. The van der Waals surface area contributed by atoms with Crippen molar-refractivity contribution in [1.82, 2.24) is 0 Å². The summed E-state index contributed by atoms with van der Waals surface area (Å²) < 4.78 is 22.8. The molecule has 0 saturated carbocycles. The molecule has 0 fully saturated rings. The molecule has 0 spiro atoms. The lowest BCUT2D eigenvalue weighted by Gasteiger charge is -2.19. The molecule has 0 rings (SSSR count). The predicted octanol–water partition coefficient (Wildman–Crippen LogP) is 9.01. The zero-order valence-electron chi connectivity index (χ0n) is 23.3. The van der Waals surface area contributed by atoms with Crippen molar-refractivity contribution >= 4 is 6.16 Å². The van der Waals surface area contributed by atoms with Crippen molar-refractivity contribution in [3.8, 4) is 0 Å². The number of unbranched alkanes of at least 4 members (excludes halogenated alkanes) is 10. The Labute approximate surface area is 212 Å². The Bertz CT molecular complexity index is 379. The van der Waals surface area contributed by atoms with Crippen LogP contribution < -0.4 is 0 Å². The molecule has 34 heavy (non-hydrogen) atoms. The van der Waals surface area contributed by atoms with E-state index in [1.54, 1.807) is 0 Å². The monoisotopic (exact) mass is 486 g/mol. The second-order valence-corrected chi connectivity index (χ2v) is 9.62. The molecular weight excluding hydrogens is 428 g/mol. The molecule has 0 aromatic heterocycles. The molecule has 0 aliphatic heterocycles. The quantitative estimate of drug-likeness (QED) is 0.0901. The van der Waals surface area contributed by atoms with Crippen LogP contribution in [-0.2, 0) is 18.9 Å². The van der Waals surface area contributed by atoms with Crippen LogP contribution in [0, 0.1) is 0 Å². The van der Waals surface area contributed by atoms with Gasteiger partial charge in [-0.15, -0.1) is 0 Å². The van der Waals surface area contributed by atoms with Crippen LogP contribution in [0.15, 0.2) is 0 Å². The van der Waals surface area contributed by atoms with Crippen molar-refractivity contribution in [1.29, 1.82) is 0 Å². The maximum Gasteiger partial charge on any atom is 0.508 e. The van der Waals surface area contributed by atoms with Gasteiger partial charge in [0.1, 0.15) is 0 Å². The molecule has 0 heterocycles. The normalized spacial score (nSPS) is 13.1. The minimum Gasteiger partial charge on any atom is -0.434 e. The molecule has 0 bridgehead atoms. The van der Waals surface area contributed by atoms with Crippen molar-refractivity contribution in [3.63, 3.8) is 0 Å². The SMILES string of the molecule is CCCCCCCC(CCOC(=O)OCCC(CCCCCCC)OCCCC)OCCCC. The molecular formula is C29H58O5. The topological polar surface area (TPSA) is 54.0 Å². The van der Waals surface area contributed by atoms with Gasteiger partial charge in [0, 0.05) is 26.1 Å². The lowest BCUT2D eigenvalue weighted by molar-refractivity contribution is -0.00148. The summed E-state index contributed by atoms with van der Waals surface area (Å²) >= 11 is 0. The van der Waals surface area contributed by atoms with E-state index in [0.29, 0.717) is 13.2 Å². The third-order valence-corrected chi connectivity index (χ3v) is 6.28. The molecule has 0 aromatic rings. The fourth-order valence-corrected chi connectivity index (χ4v) is 3.95. The molecule has 0 amide bonds. The minimum atomic E-state index is -0.564. The number of hydrogen-bond acceptors (Lipinski definition) is 5. The molecule has 0 radical (unpaired) electrons. The molecule has 204 valence electrons. The standard InChI is InChI=1S/C29H58O5/c1-5-9-13-15-17-19-27(31-23-11-7-3)21-25-33-29(30)34-26-22-28(32-24-12-8-4)20-18-16-14-10-6-2/h27-28H,5-26H2,1-4H3. The smallest absolute Gasteiger partial charge is 0.434 e. The number of rotatable bonds is 26. The first-order valence-electron chi connectivity index (χ1n) is 14.7. The van der Waals surface area contributed by atoms with Gasteiger partial charge in [-0.25, -0.2) is 4.79 Å². The Morgan fingerprint density at radius 2 is 0.853 bits per heavy atom. The fraction of sp³-hybridized carbons (Fsp3) is 0.966. The molecule has 0 saturated heterocycles. The lowest BCUT2D eigenvalue weighted by atomic mass is 10.1. The average molecular weight is 487 g/mol. The second kappa shape index (κ2) is 26.8.